The Morgan fingerprint density at radius 3 is 1.30 bits per heavy atom. The molecule has 46 heavy (non-hydrogen) atoms. The molecule has 4 N–H and O–H groups in total. The van der Waals surface area contributed by atoms with Crippen LogP contribution in [-0.2, 0) is 33.3 Å². The lowest BCUT2D eigenvalue weighted by molar-refractivity contribution is -0.158. The highest BCUT2D eigenvalue weighted by atomic mass is 16.4. The number of aliphatic carboxylic acids is 2. The number of carboxylic acid groups (broad SMARTS) is 2. The molecule has 6 heteroatoms. The molecule has 2 fully saturated rings. The van der Waals surface area contributed by atoms with Gasteiger partial charge in [-0.25, -0.2) is 0 Å². The number of hydrogen-bond donors (Lipinski definition) is 4. The van der Waals surface area contributed by atoms with E-state index in [1.54, 1.807) is 0 Å². The van der Waals surface area contributed by atoms with E-state index in [4.69, 9.17) is 0 Å². The van der Waals surface area contributed by atoms with Crippen LogP contribution in [0.25, 0.3) is 11.1 Å². The van der Waals surface area contributed by atoms with Gasteiger partial charge in [-0.1, -0.05) is 54.4 Å². The number of benzene rings is 2. The molecule has 2 aromatic carbocycles. The number of phenolic OH excluding ortho intramolecular Hbond substituents is 2. The van der Waals surface area contributed by atoms with Crippen LogP contribution >= 0.6 is 0 Å². The van der Waals surface area contributed by atoms with Crippen molar-refractivity contribution in [1.29, 1.82) is 0 Å². The maximum Gasteiger partial charge on any atom is 0.309 e. The van der Waals surface area contributed by atoms with E-state index in [0.29, 0.717) is 24.0 Å². The minimum absolute atomic E-state index is 0.0316. The summed E-state index contributed by atoms with van der Waals surface area (Å²) in [4.78, 5) is 25.4. The number of hydrogen-bond acceptors (Lipinski definition) is 4. The number of carboxylic acids is 2. The Morgan fingerprint density at radius 1 is 0.652 bits per heavy atom. The van der Waals surface area contributed by atoms with E-state index in [1.807, 2.05) is 13.8 Å². The van der Waals surface area contributed by atoms with Gasteiger partial charge in [0.25, 0.3) is 0 Å². The van der Waals surface area contributed by atoms with Gasteiger partial charge in [0, 0.05) is 22.3 Å². The molecule has 0 aromatic heterocycles. The van der Waals surface area contributed by atoms with E-state index in [2.05, 4.69) is 53.7 Å². The predicted octanol–water partition coefficient (Wildman–Crippen LogP) is 9.20. The van der Waals surface area contributed by atoms with E-state index in [-0.39, 0.29) is 46.0 Å². The van der Waals surface area contributed by atoms with Gasteiger partial charge >= 0.3 is 11.9 Å². The lowest BCUT2D eigenvalue weighted by Gasteiger charge is -2.54. The zero-order valence-corrected chi connectivity index (χ0v) is 29.1. The van der Waals surface area contributed by atoms with Crippen molar-refractivity contribution >= 4 is 11.9 Å². The summed E-state index contributed by atoms with van der Waals surface area (Å²) >= 11 is 0. The summed E-state index contributed by atoms with van der Waals surface area (Å²) in [6, 6.07) is 4.18. The van der Waals surface area contributed by atoms with Crippen LogP contribution in [-0.4, -0.2) is 32.4 Å². The average molecular weight is 631 g/mol. The van der Waals surface area contributed by atoms with Gasteiger partial charge in [-0.15, -0.1) is 0 Å². The summed E-state index contributed by atoms with van der Waals surface area (Å²) < 4.78 is 0. The second kappa shape index (κ2) is 10.8. The normalized spacial score (nSPS) is 33.6. The first-order valence-electron chi connectivity index (χ1n) is 17.7. The third-order valence-corrected chi connectivity index (χ3v) is 13.8. The third-order valence-electron chi connectivity index (χ3n) is 13.8. The molecule has 2 saturated carbocycles. The molecular formula is C40H54O6. The molecule has 2 aromatic rings. The van der Waals surface area contributed by atoms with Crippen molar-refractivity contribution in [1.82, 2.24) is 0 Å². The molecule has 0 spiro atoms. The summed E-state index contributed by atoms with van der Waals surface area (Å²) in [6.07, 6.45) is 7.74. The van der Waals surface area contributed by atoms with Gasteiger partial charge in [0.15, 0.2) is 0 Å². The first-order chi connectivity index (χ1) is 21.4. The standard InChI is InChI=1S/C40H54O6/c1-21(2)31-23-11-13-29-37(5,15-9-17-39(29,7)35(43)44)27(23)19-25(33(31)41)26-20-28-24(32(22(3)4)34(26)42)12-14-30-38(28,6)16-10-18-40(30,8)36(45)46/h19-22,29-30,41-42H,9-18H2,1-8H3,(H,43,44)(H,45,46). The van der Waals surface area contributed by atoms with Crippen LogP contribution < -0.4 is 0 Å². The number of aromatic hydroxyl groups is 2. The fraction of sp³-hybridized carbons (Fsp3) is 0.650. The van der Waals surface area contributed by atoms with Gasteiger partial charge in [0.05, 0.1) is 10.8 Å². The van der Waals surface area contributed by atoms with Gasteiger partial charge in [0.1, 0.15) is 11.5 Å². The van der Waals surface area contributed by atoms with Gasteiger partial charge in [-0.2, -0.15) is 0 Å². The Balaban J connectivity index is 1.63. The molecule has 0 bridgehead atoms. The van der Waals surface area contributed by atoms with E-state index in [1.165, 1.54) is 0 Å². The van der Waals surface area contributed by atoms with Crippen molar-refractivity contribution in [3.63, 3.8) is 0 Å². The molecule has 4 aliphatic rings. The molecule has 0 heterocycles. The minimum Gasteiger partial charge on any atom is -0.507 e. The highest BCUT2D eigenvalue weighted by molar-refractivity contribution is 5.83. The number of phenols is 2. The topological polar surface area (TPSA) is 115 Å². The molecule has 0 radical (unpaired) electrons. The molecule has 0 aliphatic heterocycles. The zero-order valence-electron chi connectivity index (χ0n) is 29.1. The van der Waals surface area contributed by atoms with Crippen LogP contribution in [0, 0.1) is 22.7 Å². The monoisotopic (exact) mass is 630 g/mol. The summed E-state index contributed by atoms with van der Waals surface area (Å²) in [6.45, 7) is 16.7. The first kappa shape index (κ1) is 32.9. The highest BCUT2D eigenvalue weighted by Gasteiger charge is 2.57. The lowest BCUT2D eigenvalue weighted by Crippen LogP contribution is -2.52. The van der Waals surface area contributed by atoms with Gasteiger partial charge in [0.2, 0.25) is 0 Å². The average Bonchev–Trinajstić information content (AvgIpc) is 2.96. The number of rotatable bonds is 5. The van der Waals surface area contributed by atoms with E-state index >= 15 is 0 Å². The van der Waals surface area contributed by atoms with Crippen LogP contribution in [0.15, 0.2) is 12.1 Å². The minimum atomic E-state index is -0.819. The van der Waals surface area contributed by atoms with Crippen molar-refractivity contribution in [3.05, 3.63) is 45.5 Å². The smallest absolute Gasteiger partial charge is 0.309 e. The van der Waals surface area contributed by atoms with Gasteiger partial charge < -0.3 is 20.4 Å². The van der Waals surface area contributed by atoms with Gasteiger partial charge in [-0.3, -0.25) is 9.59 Å². The Kier molecular flexibility index (Phi) is 7.69. The second-order valence-corrected chi connectivity index (χ2v) is 16.9. The molecule has 0 amide bonds. The predicted molar refractivity (Wildman–Crippen MR) is 181 cm³/mol. The van der Waals surface area contributed by atoms with Crippen LogP contribution in [0.2, 0.25) is 0 Å². The number of carbonyl (C=O) groups is 2. The van der Waals surface area contributed by atoms with Crippen LogP contribution in [0.5, 0.6) is 11.5 Å². The van der Waals surface area contributed by atoms with Crippen molar-refractivity contribution in [2.75, 3.05) is 0 Å². The Morgan fingerprint density at radius 2 is 1.00 bits per heavy atom. The van der Waals surface area contributed by atoms with E-state index in [9.17, 15) is 30.0 Å². The summed E-state index contributed by atoms with van der Waals surface area (Å²) in [5, 5.41) is 45.2. The van der Waals surface area contributed by atoms with E-state index in [0.717, 1.165) is 84.7 Å². The van der Waals surface area contributed by atoms with Crippen LogP contribution in [0.1, 0.15) is 152 Å². The maximum atomic E-state index is 12.7. The van der Waals surface area contributed by atoms with Crippen molar-refractivity contribution < 1.29 is 30.0 Å². The Labute approximate surface area is 274 Å². The fourth-order valence-electron chi connectivity index (χ4n) is 11.4. The first-order valence-corrected chi connectivity index (χ1v) is 17.7. The largest absolute Gasteiger partial charge is 0.507 e. The number of fused-ring (bicyclic) bond motifs is 6. The maximum absolute atomic E-state index is 12.7. The molecule has 4 aliphatic carbocycles. The van der Waals surface area contributed by atoms with Crippen LogP contribution in [0.3, 0.4) is 0 Å². The molecule has 6 rings (SSSR count). The summed E-state index contributed by atoms with van der Waals surface area (Å²) in [5.41, 5.74) is 5.16. The van der Waals surface area contributed by atoms with Gasteiger partial charge in [-0.05, 0) is 134 Å². The molecule has 6 nitrogen and oxygen atoms in total. The third kappa shape index (κ3) is 4.33. The Hall–Kier alpha value is -3.02. The summed E-state index contributed by atoms with van der Waals surface area (Å²) in [5.74, 6) is -1.05. The lowest BCUT2D eigenvalue weighted by atomic mass is 9.49. The van der Waals surface area contributed by atoms with Crippen molar-refractivity contribution in [2.45, 2.75) is 142 Å². The fourth-order valence-corrected chi connectivity index (χ4v) is 11.4. The Bertz CT molecular complexity index is 1500. The highest BCUT2D eigenvalue weighted by Crippen LogP contribution is 2.62. The van der Waals surface area contributed by atoms with Crippen molar-refractivity contribution in [3.8, 4) is 22.6 Å². The second-order valence-electron chi connectivity index (χ2n) is 16.9. The SMILES string of the molecule is CC(C)c1c(O)c(-c2cc3c(c(C(C)C)c2O)CCC2C(C)(C(=O)O)CCCC32C)cc2c1CCC1C(C)(C(=O)O)CCCC21C. The molecule has 6 atom stereocenters. The molecule has 250 valence electrons. The van der Waals surface area contributed by atoms with E-state index < -0.39 is 22.8 Å². The molecular weight excluding hydrogens is 576 g/mol. The molecule has 6 unspecified atom stereocenters. The quantitative estimate of drug-likeness (QED) is 0.262. The van der Waals surface area contributed by atoms with Crippen LogP contribution in [0.4, 0.5) is 0 Å². The molecule has 0 saturated heterocycles. The zero-order chi connectivity index (χ0) is 33.7. The van der Waals surface area contributed by atoms with Crippen molar-refractivity contribution in [2.24, 2.45) is 22.7 Å². The summed E-state index contributed by atoms with van der Waals surface area (Å²) in [7, 11) is 0.